The Balaban J connectivity index is 1.48. The van der Waals surface area contributed by atoms with Gasteiger partial charge in [-0.25, -0.2) is 8.78 Å². The van der Waals surface area contributed by atoms with E-state index in [2.05, 4.69) is 11.1 Å². The van der Waals surface area contributed by atoms with Crippen LogP contribution in [0.5, 0.6) is 5.75 Å². The maximum atomic E-state index is 14.6. The van der Waals surface area contributed by atoms with Gasteiger partial charge in [0.05, 0.1) is 30.2 Å². The van der Waals surface area contributed by atoms with Gasteiger partial charge in [-0.2, -0.15) is 5.26 Å². The Morgan fingerprint density at radius 3 is 2.59 bits per heavy atom. The number of aromatic nitrogens is 1. The second-order valence-electron chi connectivity index (χ2n) is 7.96. The van der Waals surface area contributed by atoms with Gasteiger partial charge in [0, 0.05) is 50.2 Å². The minimum absolute atomic E-state index is 0.148. The third kappa shape index (κ3) is 3.80. The molecule has 2 aliphatic heterocycles. The molecule has 0 amide bonds. The Hall–Kier alpha value is -3.44. The first-order chi connectivity index (χ1) is 15.6. The van der Waals surface area contributed by atoms with Crippen molar-refractivity contribution in [3.63, 3.8) is 0 Å². The minimum Gasteiger partial charge on any atom is -0.486 e. The number of hydrogen-bond donors (Lipinski definition) is 0. The molecule has 0 aliphatic carbocycles. The van der Waals surface area contributed by atoms with Crippen LogP contribution < -0.4 is 14.5 Å². The lowest BCUT2D eigenvalue weighted by molar-refractivity contribution is 0.142. The van der Waals surface area contributed by atoms with Crippen molar-refractivity contribution >= 4 is 22.3 Å². The largest absolute Gasteiger partial charge is 0.486 e. The molecule has 5 rings (SSSR count). The highest BCUT2D eigenvalue weighted by Gasteiger charge is 2.25. The summed E-state index contributed by atoms with van der Waals surface area (Å²) in [6.45, 7) is 3.35. The van der Waals surface area contributed by atoms with Gasteiger partial charge in [-0.15, -0.1) is 0 Å². The third-order valence-electron chi connectivity index (χ3n) is 5.96. The molecular formula is C24H22F2N4O2. The number of fused-ring (bicyclic) bond motifs is 1. The van der Waals surface area contributed by atoms with Crippen LogP contribution in [-0.4, -0.2) is 50.5 Å². The molecule has 0 bridgehead atoms. The summed E-state index contributed by atoms with van der Waals surface area (Å²) in [5.74, 6) is -0.353. The minimum atomic E-state index is -0.449. The van der Waals surface area contributed by atoms with Gasteiger partial charge >= 0.3 is 0 Å². The van der Waals surface area contributed by atoms with Gasteiger partial charge in [0.2, 0.25) is 0 Å². The van der Waals surface area contributed by atoms with E-state index in [1.54, 1.807) is 12.1 Å². The van der Waals surface area contributed by atoms with E-state index in [9.17, 15) is 14.0 Å². The molecule has 1 unspecified atom stereocenters. The molecule has 0 spiro atoms. The first-order valence-corrected chi connectivity index (χ1v) is 10.6. The first kappa shape index (κ1) is 20.5. The topological polar surface area (TPSA) is 61.6 Å². The number of benzene rings is 2. The van der Waals surface area contributed by atoms with E-state index in [1.165, 1.54) is 24.4 Å². The number of anilines is 2. The number of ether oxygens (including phenoxy) is 2. The second-order valence-corrected chi connectivity index (χ2v) is 7.96. The van der Waals surface area contributed by atoms with E-state index in [0.717, 1.165) is 6.42 Å². The smallest absolute Gasteiger partial charge is 0.149 e. The zero-order valence-corrected chi connectivity index (χ0v) is 17.4. The Morgan fingerprint density at radius 2 is 1.88 bits per heavy atom. The van der Waals surface area contributed by atoms with Crippen molar-refractivity contribution in [2.75, 3.05) is 49.2 Å². The van der Waals surface area contributed by atoms with E-state index in [-0.39, 0.29) is 11.9 Å². The van der Waals surface area contributed by atoms with Crippen LogP contribution in [0.3, 0.4) is 0 Å². The molecule has 0 saturated carbocycles. The molecule has 0 radical (unpaired) electrons. The Bertz CT molecular complexity index is 1180. The number of piperazine rings is 1. The molecule has 2 aliphatic rings. The van der Waals surface area contributed by atoms with Crippen LogP contribution in [0.2, 0.25) is 0 Å². The van der Waals surface area contributed by atoms with Crippen molar-refractivity contribution in [2.45, 2.75) is 12.5 Å². The highest BCUT2D eigenvalue weighted by Crippen LogP contribution is 2.36. The lowest BCUT2D eigenvalue weighted by atomic mass is 10.1. The molecular weight excluding hydrogens is 414 g/mol. The van der Waals surface area contributed by atoms with Crippen LogP contribution in [0.15, 0.2) is 42.6 Å². The standard InChI is InChI=1S/C24H22F2N4O2/c25-17-11-19-23(22(12-17)32-18-5-10-31-15-18)28-14-16(13-27)24(19)30-8-6-29(7-9-30)21-4-2-1-3-20(21)26/h1-4,11-12,14,18H,5-10,15H2. The van der Waals surface area contributed by atoms with Gasteiger partial charge in [-0.3, -0.25) is 4.98 Å². The van der Waals surface area contributed by atoms with Gasteiger partial charge in [0.15, 0.2) is 0 Å². The molecule has 164 valence electrons. The highest BCUT2D eigenvalue weighted by atomic mass is 19.1. The Kier molecular flexibility index (Phi) is 5.50. The van der Waals surface area contributed by atoms with Gasteiger partial charge in [-0.1, -0.05) is 12.1 Å². The van der Waals surface area contributed by atoms with E-state index in [0.29, 0.717) is 73.0 Å². The molecule has 32 heavy (non-hydrogen) atoms. The SMILES string of the molecule is N#Cc1cnc2c(OC3CCOC3)cc(F)cc2c1N1CCN(c2ccccc2F)CC1. The normalized spacial score (nSPS) is 18.7. The quantitative estimate of drug-likeness (QED) is 0.619. The van der Waals surface area contributed by atoms with Crippen molar-refractivity contribution in [2.24, 2.45) is 0 Å². The van der Waals surface area contributed by atoms with E-state index in [4.69, 9.17) is 9.47 Å². The van der Waals surface area contributed by atoms with Crippen molar-refractivity contribution in [1.29, 1.82) is 5.26 Å². The molecule has 3 heterocycles. The predicted molar refractivity (Wildman–Crippen MR) is 117 cm³/mol. The van der Waals surface area contributed by atoms with Crippen LogP contribution in [0.1, 0.15) is 12.0 Å². The number of nitrogens with zero attached hydrogens (tertiary/aromatic N) is 4. The van der Waals surface area contributed by atoms with Gasteiger partial charge in [-0.05, 0) is 18.2 Å². The number of halogens is 2. The fraction of sp³-hybridized carbons (Fsp3) is 0.333. The van der Waals surface area contributed by atoms with Crippen molar-refractivity contribution in [3.8, 4) is 11.8 Å². The molecule has 1 aromatic heterocycles. The lowest BCUT2D eigenvalue weighted by Crippen LogP contribution is -2.47. The Morgan fingerprint density at radius 1 is 1.09 bits per heavy atom. The molecule has 2 aromatic carbocycles. The molecule has 3 aromatic rings. The summed E-state index contributed by atoms with van der Waals surface area (Å²) in [5, 5.41) is 10.3. The predicted octanol–water partition coefficient (Wildman–Crippen LogP) is 3.88. The number of rotatable bonds is 4. The van der Waals surface area contributed by atoms with Crippen LogP contribution in [0.4, 0.5) is 20.2 Å². The molecule has 0 N–H and O–H groups in total. The fourth-order valence-corrected chi connectivity index (χ4v) is 4.40. The third-order valence-corrected chi connectivity index (χ3v) is 5.96. The lowest BCUT2D eigenvalue weighted by Gasteiger charge is -2.38. The first-order valence-electron chi connectivity index (χ1n) is 10.6. The molecule has 2 saturated heterocycles. The maximum absolute atomic E-state index is 14.6. The number of nitriles is 1. The van der Waals surface area contributed by atoms with Gasteiger partial charge in [0.25, 0.3) is 0 Å². The maximum Gasteiger partial charge on any atom is 0.149 e. The molecule has 6 nitrogen and oxygen atoms in total. The van der Waals surface area contributed by atoms with Crippen molar-refractivity contribution in [1.82, 2.24) is 4.98 Å². The van der Waals surface area contributed by atoms with Crippen molar-refractivity contribution in [3.05, 3.63) is 59.8 Å². The summed E-state index contributed by atoms with van der Waals surface area (Å²) in [4.78, 5) is 8.45. The van der Waals surface area contributed by atoms with E-state index < -0.39 is 5.82 Å². The summed E-state index contributed by atoms with van der Waals surface area (Å²) in [7, 11) is 0. The molecule has 1 atom stereocenters. The van der Waals surface area contributed by atoms with Gasteiger partial charge in [0.1, 0.15) is 35.1 Å². The Labute approximate surface area is 184 Å². The van der Waals surface area contributed by atoms with E-state index in [1.807, 2.05) is 15.9 Å². The zero-order chi connectivity index (χ0) is 22.1. The summed E-state index contributed by atoms with van der Waals surface area (Å²) in [6, 6.07) is 11.6. The monoisotopic (exact) mass is 436 g/mol. The number of pyridine rings is 1. The highest BCUT2D eigenvalue weighted by molar-refractivity contribution is 5.97. The van der Waals surface area contributed by atoms with Crippen molar-refractivity contribution < 1.29 is 18.3 Å². The zero-order valence-electron chi connectivity index (χ0n) is 17.4. The summed E-state index contributed by atoms with van der Waals surface area (Å²) < 4.78 is 40.2. The summed E-state index contributed by atoms with van der Waals surface area (Å²) in [5.41, 5.74) is 2.09. The number of para-hydroxylation sites is 1. The van der Waals surface area contributed by atoms with Crippen LogP contribution >= 0.6 is 0 Å². The average Bonchev–Trinajstić information content (AvgIpc) is 3.32. The van der Waals surface area contributed by atoms with Crippen LogP contribution in [0.25, 0.3) is 10.9 Å². The average molecular weight is 436 g/mol. The second kappa shape index (κ2) is 8.60. The molecule has 2 fully saturated rings. The van der Waals surface area contributed by atoms with Crippen LogP contribution in [-0.2, 0) is 4.74 Å². The van der Waals surface area contributed by atoms with E-state index >= 15 is 0 Å². The molecule has 8 heteroatoms. The number of hydrogen-bond acceptors (Lipinski definition) is 6. The fourth-order valence-electron chi connectivity index (χ4n) is 4.40. The summed E-state index contributed by atoms with van der Waals surface area (Å²) in [6.07, 6.45) is 2.10. The van der Waals surface area contributed by atoms with Gasteiger partial charge < -0.3 is 19.3 Å². The summed E-state index contributed by atoms with van der Waals surface area (Å²) >= 11 is 0. The van der Waals surface area contributed by atoms with Crippen LogP contribution in [0, 0.1) is 23.0 Å².